The highest BCUT2D eigenvalue weighted by Gasteiger charge is 2.24. The Hall–Kier alpha value is -1.55. The lowest BCUT2D eigenvalue weighted by molar-refractivity contribution is -0.130. The Kier molecular flexibility index (Phi) is 5.01. The number of nitrogens with one attached hydrogen (secondary N) is 1. The van der Waals surface area contributed by atoms with Gasteiger partial charge in [0.2, 0.25) is 0 Å². The van der Waals surface area contributed by atoms with E-state index in [1.165, 1.54) is 11.1 Å². The lowest BCUT2D eigenvalue weighted by Gasteiger charge is -2.15. The van der Waals surface area contributed by atoms with E-state index in [1.54, 1.807) is 19.0 Å². The van der Waals surface area contributed by atoms with Crippen LogP contribution in [0, 0.1) is 0 Å². The van der Waals surface area contributed by atoms with Gasteiger partial charge < -0.3 is 15.0 Å². The standard InChI is InChI=1S/C16H24N2O2/c1-4-10-17-14-9-8-13-12(14)6-5-7-15(13)20-11-16(19)18(2)3/h5-7,14,17H,4,8-11H2,1-3H3. The molecule has 20 heavy (non-hydrogen) atoms. The molecule has 0 aromatic heterocycles. The maximum absolute atomic E-state index is 11.6. The molecule has 1 N–H and O–H groups in total. The average Bonchev–Trinajstić information content (AvgIpc) is 2.86. The molecule has 1 amide bonds. The topological polar surface area (TPSA) is 41.6 Å². The van der Waals surface area contributed by atoms with Gasteiger partial charge in [0.1, 0.15) is 5.75 Å². The highest BCUT2D eigenvalue weighted by molar-refractivity contribution is 5.77. The lowest BCUT2D eigenvalue weighted by atomic mass is 10.1. The van der Waals surface area contributed by atoms with Crippen molar-refractivity contribution in [3.63, 3.8) is 0 Å². The lowest BCUT2D eigenvalue weighted by Crippen LogP contribution is -2.27. The monoisotopic (exact) mass is 276 g/mol. The highest BCUT2D eigenvalue weighted by atomic mass is 16.5. The van der Waals surface area contributed by atoms with Crippen molar-refractivity contribution >= 4 is 5.91 Å². The number of fused-ring (bicyclic) bond motifs is 1. The number of rotatable bonds is 6. The smallest absolute Gasteiger partial charge is 0.259 e. The number of carbonyl (C=O) groups excluding carboxylic acids is 1. The van der Waals surface area contributed by atoms with Crippen LogP contribution >= 0.6 is 0 Å². The Morgan fingerprint density at radius 1 is 1.45 bits per heavy atom. The predicted molar refractivity (Wildman–Crippen MR) is 80.0 cm³/mol. The minimum atomic E-state index is -0.0127. The van der Waals surface area contributed by atoms with Gasteiger partial charge >= 0.3 is 0 Å². The number of likely N-dealkylation sites (N-methyl/N-ethyl adjacent to an activating group) is 1. The molecule has 1 aliphatic carbocycles. The molecule has 0 radical (unpaired) electrons. The Bertz CT molecular complexity index is 472. The molecule has 0 spiro atoms. The van der Waals surface area contributed by atoms with E-state index < -0.39 is 0 Å². The van der Waals surface area contributed by atoms with E-state index in [9.17, 15) is 4.79 Å². The molecule has 1 aliphatic rings. The number of carbonyl (C=O) groups is 1. The predicted octanol–water partition coefficient (Wildman–Crippen LogP) is 2.14. The summed E-state index contributed by atoms with van der Waals surface area (Å²) in [6, 6.07) is 6.57. The van der Waals surface area contributed by atoms with Crippen LogP contribution < -0.4 is 10.1 Å². The minimum Gasteiger partial charge on any atom is -0.483 e. The van der Waals surface area contributed by atoms with Gasteiger partial charge in [-0.1, -0.05) is 19.1 Å². The summed E-state index contributed by atoms with van der Waals surface area (Å²) in [5, 5.41) is 3.57. The van der Waals surface area contributed by atoms with Gasteiger partial charge in [0.15, 0.2) is 6.61 Å². The summed E-state index contributed by atoms with van der Waals surface area (Å²) >= 11 is 0. The Morgan fingerprint density at radius 3 is 2.95 bits per heavy atom. The van der Waals surface area contributed by atoms with Crippen LogP contribution in [0.5, 0.6) is 5.75 Å². The summed E-state index contributed by atoms with van der Waals surface area (Å²) in [4.78, 5) is 13.2. The molecular formula is C16H24N2O2. The summed E-state index contributed by atoms with van der Waals surface area (Å²) in [5.74, 6) is 0.847. The number of benzene rings is 1. The van der Waals surface area contributed by atoms with Crippen molar-refractivity contribution in [3.05, 3.63) is 29.3 Å². The summed E-state index contributed by atoms with van der Waals surface area (Å²) in [5.41, 5.74) is 2.58. The first-order valence-electron chi connectivity index (χ1n) is 7.31. The zero-order valence-electron chi connectivity index (χ0n) is 12.6. The van der Waals surface area contributed by atoms with Crippen LogP contribution in [0.2, 0.25) is 0 Å². The molecule has 0 aliphatic heterocycles. The van der Waals surface area contributed by atoms with Gasteiger partial charge in [-0.25, -0.2) is 0 Å². The fourth-order valence-corrected chi connectivity index (χ4v) is 2.56. The van der Waals surface area contributed by atoms with Gasteiger partial charge in [0, 0.05) is 20.1 Å². The van der Waals surface area contributed by atoms with E-state index >= 15 is 0 Å². The third kappa shape index (κ3) is 3.31. The maximum Gasteiger partial charge on any atom is 0.259 e. The van der Waals surface area contributed by atoms with Crippen molar-refractivity contribution < 1.29 is 9.53 Å². The molecule has 0 fully saturated rings. The quantitative estimate of drug-likeness (QED) is 0.865. The van der Waals surface area contributed by atoms with E-state index in [0.29, 0.717) is 6.04 Å². The molecule has 2 rings (SSSR count). The molecule has 110 valence electrons. The SMILES string of the molecule is CCCNC1CCc2c(OCC(=O)N(C)C)cccc21. The molecule has 1 aromatic rings. The molecular weight excluding hydrogens is 252 g/mol. The first kappa shape index (κ1) is 14.9. The Morgan fingerprint density at radius 2 is 2.25 bits per heavy atom. The van der Waals surface area contributed by atoms with Crippen LogP contribution in [0.25, 0.3) is 0 Å². The zero-order chi connectivity index (χ0) is 14.5. The third-order valence-electron chi connectivity index (χ3n) is 3.72. The first-order valence-corrected chi connectivity index (χ1v) is 7.31. The molecule has 0 heterocycles. The van der Waals surface area contributed by atoms with Gasteiger partial charge in [0.05, 0.1) is 0 Å². The first-order chi connectivity index (χ1) is 9.63. The van der Waals surface area contributed by atoms with Gasteiger partial charge in [-0.15, -0.1) is 0 Å². The summed E-state index contributed by atoms with van der Waals surface area (Å²) in [6.45, 7) is 3.32. The van der Waals surface area contributed by atoms with Crippen LogP contribution in [0.4, 0.5) is 0 Å². The summed E-state index contributed by atoms with van der Waals surface area (Å²) in [7, 11) is 3.48. The zero-order valence-corrected chi connectivity index (χ0v) is 12.6. The van der Waals surface area contributed by atoms with Crippen molar-refractivity contribution in [3.8, 4) is 5.75 Å². The number of nitrogens with zero attached hydrogens (tertiary/aromatic N) is 1. The molecule has 4 nitrogen and oxygen atoms in total. The molecule has 4 heteroatoms. The van der Waals surface area contributed by atoms with Crippen LogP contribution in [-0.4, -0.2) is 38.1 Å². The minimum absolute atomic E-state index is 0.0127. The van der Waals surface area contributed by atoms with Crippen molar-refractivity contribution in [2.24, 2.45) is 0 Å². The molecule has 0 saturated heterocycles. The summed E-state index contributed by atoms with van der Waals surface area (Å²) < 4.78 is 5.71. The second-order valence-electron chi connectivity index (χ2n) is 5.45. The molecule has 1 unspecified atom stereocenters. The second kappa shape index (κ2) is 6.75. The van der Waals surface area contributed by atoms with Crippen LogP contribution in [-0.2, 0) is 11.2 Å². The van der Waals surface area contributed by atoms with Crippen LogP contribution in [0.3, 0.4) is 0 Å². The Labute approximate surface area is 121 Å². The van der Waals surface area contributed by atoms with Gasteiger partial charge in [0.25, 0.3) is 5.91 Å². The van der Waals surface area contributed by atoms with Crippen molar-refractivity contribution in [2.45, 2.75) is 32.2 Å². The second-order valence-corrected chi connectivity index (χ2v) is 5.45. The Balaban J connectivity index is 2.06. The number of ether oxygens (including phenoxy) is 1. The normalized spacial score (nSPS) is 16.9. The van der Waals surface area contributed by atoms with E-state index in [1.807, 2.05) is 12.1 Å². The maximum atomic E-state index is 11.6. The molecule has 0 bridgehead atoms. The average molecular weight is 276 g/mol. The molecule has 1 atom stereocenters. The third-order valence-corrected chi connectivity index (χ3v) is 3.72. The van der Waals surface area contributed by atoms with Crippen LogP contribution in [0.15, 0.2) is 18.2 Å². The number of hydrogen-bond donors (Lipinski definition) is 1. The van der Waals surface area contributed by atoms with E-state index in [2.05, 4.69) is 18.3 Å². The van der Waals surface area contributed by atoms with Crippen molar-refractivity contribution in [2.75, 3.05) is 27.2 Å². The highest BCUT2D eigenvalue weighted by Crippen LogP contribution is 2.36. The fraction of sp³-hybridized carbons (Fsp3) is 0.562. The number of amides is 1. The van der Waals surface area contributed by atoms with Crippen molar-refractivity contribution in [1.29, 1.82) is 0 Å². The van der Waals surface area contributed by atoms with E-state index in [4.69, 9.17) is 4.74 Å². The van der Waals surface area contributed by atoms with Crippen LogP contribution in [0.1, 0.15) is 36.9 Å². The number of hydrogen-bond acceptors (Lipinski definition) is 3. The molecule has 1 aromatic carbocycles. The fourth-order valence-electron chi connectivity index (χ4n) is 2.56. The largest absolute Gasteiger partial charge is 0.483 e. The van der Waals surface area contributed by atoms with Gasteiger partial charge in [-0.3, -0.25) is 4.79 Å². The van der Waals surface area contributed by atoms with E-state index in [-0.39, 0.29) is 12.5 Å². The van der Waals surface area contributed by atoms with Gasteiger partial charge in [-0.2, -0.15) is 0 Å². The van der Waals surface area contributed by atoms with E-state index in [0.717, 1.165) is 31.6 Å². The van der Waals surface area contributed by atoms with Gasteiger partial charge in [-0.05, 0) is 43.0 Å². The molecule has 0 saturated carbocycles. The summed E-state index contributed by atoms with van der Waals surface area (Å²) in [6.07, 6.45) is 3.26. The van der Waals surface area contributed by atoms with Crippen molar-refractivity contribution in [1.82, 2.24) is 10.2 Å².